The lowest BCUT2D eigenvalue weighted by Gasteiger charge is -2.38. The van der Waals surface area contributed by atoms with Crippen molar-refractivity contribution in [3.05, 3.63) is 24.3 Å². The number of halogens is 2. The van der Waals surface area contributed by atoms with E-state index in [2.05, 4.69) is 16.6 Å². The Bertz CT molecular complexity index is 400. The van der Waals surface area contributed by atoms with Crippen LogP contribution in [0.1, 0.15) is 19.8 Å². The van der Waals surface area contributed by atoms with Gasteiger partial charge < -0.3 is 15.4 Å². The van der Waals surface area contributed by atoms with E-state index in [1.807, 2.05) is 12.1 Å². The Morgan fingerprint density at radius 2 is 2.11 bits per heavy atom. The molecule has 1 fully saturated rings. The first kappa shape index (κ1) is 13.1. The summed E-state index contributed by atoms with van der Waals surface area (Å²) in [6.45, 7) is 0.0258. The van der Waals surface area contributed by atoms with E-state index >= 15 is 0 Å². The van der Waals surface area contributed by atoms with Crippen LogP contribution >= 0.6 is 0 Å². The summed E-state index contributed by atoms with van der Waals surface area (Å²) in [5.74, 6) is 0.231. The number of nitrogens with zero attached hydrogens (tertiary/aromatic N) is 1. The van der Waals surface area contributed by atoms with Gasteiger partial charge in [0, 0.05) is 18.6 Å². The molecule has 2 atom stereocenters. The summed E-state index contributed by atoms with van der Waals surface area (Å²) in [4.78, 5) is 2.08. The van der Waals surface area contributed by atoms with Crippen LogP contribution < -0.4 is 15.4 Å². The van der Waals surface area contributed by atoms with E-state index in [0.717, 1.165) is 25.1 Å². The van der Waals surface area contributed by atoms with Crippen molar-refractivity contribution in [3.8, 4) is 5.75 Å². The minimum atomic E-state index is -2.80. The Labute approximate surface area is 106 Å². The van der Waals surface area contributed by atoms with Crippen LogP contribution in [-0.2, 0) is 0 Å². The molecule has 0 aliphatic carbocycles. The third-order valence-electron chi connectivity index (χ3n) is 3.31. The van der Waals surface area contributed by atoms with Crippen molar-refractivity contribution in [2.75, 3.05) is 11.4 Å². The second-order valence-electron chi connectivity index (χ2n) is 4.67. The van der Waals surface area contributed by atoms with Gasteiger partial charge in [-0.1, -0.05) is 12.1 Å². The van der Waals surface area contributed by atoms with Gasteiger partial charge in [-0.15, -0.1) is 0 Å². The molecule has 1 aromatic rings. The highest BCUT2D eigenvalue weighted by Crippen LogP contribution is 2.33. The van der Waals surface area contributed by atoms with E-state index in [4.69, 9.17) is 5.73 Å². The summed E-state index contributed by atoms with van der Waals surface area (Å²) in [6, 6.07) is 7.33. The molecule has 5 heteroatoms. The molecule has 0 spiro atoms. The van der Waals surface area contributed by atoms with Crippen LogP contribution in [0.3, 0.4) is 0 Å². The highest BCUT2D eigenvalue weighted by atomic mass is 19.3. The van der Waals surface area contributed by atoms with E-state index in [1.54, 1.807) is 12.1 Å². The average molecular weight is 256 g/mol. The fourth-order valence-corrected chi connectivity index (χ4v) is 2.46. The molecular weight excluding hydrogens is 238 g/mol. The van der Waals surface area contributed by atoms with Crippen LogP contribution in [0.4, 0.5) is 14.5 Å². The Morgan fingerprint density at radius 3 is 2.78 bits per heavy atom. The number of alkyl halides is 2. The van der Waals surface area contributed by atoms with Crippen molar-refractivity contribution < 1.29 is 13.5 Å². The Kier molecular flexibility index (Phi) is 4.01. The molecule has 0 bridgehead atoms. The lowest BCUT2D eigenvalue weighted by atomic mass is 9.98. The van der Waals surface area contributed by atoms with Crippen LogP contribution in [0.5, 0.6) is 5.75 Å². The number of ether oxygens (including phenoxy) is 1. The first-order chi connectivity index (χ1) is 8.58. The number of para-hydroxylation sites is 2. The van der Waals surface area contributed by atoms with E-state index in [1.165, 1.54) is 0 Å². The van der Waals surface area contributed by atoms with Crippen LogP contribution in [0.2, 0.25) is 0 Å². The molecule has 18 heavy (non-hydrogen) atoms. The summed E-state index contributed by atoms with van der Waals surface area (Å²) in [5.41, 5.74) is 6.63. The Balaban J connectivity index is 2.21. The number of rotatable bonds is 3. The number of hydrogen-bond acceptors (Lipinski definition) is 3. The van der Waals surface area contributed by atoms with Crippen LogP contribution in [0.25, 0.3) is 0 Å². The van der Waals surface area contributed by atoms with Gasteiger partial charge in [-0.05, 0) is 31.9 Å². The minimum absolute atomic E-state index is 0.194. The minimum Gasteiger partial charge on any atom is -0.433 e. The normalized spacial score (nSPS) is 24.4. The SMILES string of the molecule is CC1CC(N)CCN1c1ccccc1OC(F)F. The van der Waals surface area contributed by atoms with Crippen molar-refractivity contribution in [1.29, 1.82) is 0 Å². The molecular formula is C13H18F2N2O. The molecule has 0 radical (unpaired) electrons. The Hall–Kier alpha value is -1.36. The van der Waals surface area contributed by atoms with Gasteiger partial charge >= 0.3 is 6.61 Å². The molecule has 1 saturated heterocycles. The molecule has 2 rings (SSSR count). The van der Waals surface area contributed by atoms with Gasteiger partial charge in [0.15, 0.2) is 0 Å². The number of benzene rings is 1. The molecule has 1 aromatic carbocycles. The van der Waals surface area contributed by atoms with Crippen molar-refractivity contribution in [1.82, 2.24) is 0 Å². The van der Waals surface area contributed by atoms with E-state index in [9.17, 15) is 8.78 Å². The van der Waals surface area contributed by atoms with Crippen molar-refractivity contribution >= 4 is 5.69 Å². The zero-order valence-corrected chi connectivity index (χ0v) is 10.4. The lowest BCUT2D eigenvalue weighted by molar-refractivity contribution is -0.0495. The van der Waals surface area contributed by atoms with Gasteiger partial charge in [0.1, 0.15) is 5.75 Å². The van der Waals surface area contributed by atoms with Crippen molar-refractivity contribution in [3.63, 3.8) is 0 Å². The molecule has 0 amide bonds. The monoisotopic (exact) mass is 256 g/mol. The fourth-order valence-electron chi connectivity index (χ4n) is 2.46. The molecule has 2 unspecified atom stereocenters. The van der Waals surface area contributed by atoms with Crippen molar-refractivity contribution in [2.45, 2.75) is 38.5 Å². The topological polar surface area (TPSA) is 38.5 Å². The molecule has 100 valence electrons. The third kappa shape index (κ3) is 2.90. The molecule has 1 heterocycles. The quantitative estimate of drug-likeness (QED) is 0.903. The predicted molar refractivity (Wildman–Crippen MR) is 67.1 cm³/mol. The van der Waals surface area contributed by atoms with Gasteiger partial charge in [0.05, 0.1) is 5.69 Å². The zero-order chi connectivity index (χ0) is 13.1. The summed E-state index contributed by atoms with van der Waals surface area (Å²) in [5, 5.41) is 0. The van der Waals surface area contributed by atoms with Gasteiger partial charge in [-0.3, -0.25) is 0 Å². The first-order valence-corrected chi connectivity index (χ1v) is 6.14. The van der Waals surface area contributed by atoms with Crippen LogP contribution in [0, 0.1) is 0 Å². The van der Waals surface area contributed by atoms with E-state index < -0.39 is 6.61 Å². The summed E-state index contributed by atoms with van der Waals surface area (Å²) < 4.78 is 29.3. The standard InChI is InChI=1S/C13H18F2N2O/c1-9-8-10(16)6-7-17(9)11-4-2-3-5-12(11)18-13(14)15/h2-5,9-10,13H,6-8,16H2,1H3. The number of piperidine rings is 1. The second kappa shape index (κ2) is 5.52. The summed E-state index contributed by atoms with van der Waals surface area (Å²) >= 11 is 0. The molecule has 1 aliphatic heterocycles. The van der Waals surface area contributed by atoms with Crippen LogP contribution in [0.15, 0.2) is 24.3 Å². The van der Waals surface area contributed by atoms with Crippen molar-refractivity contribution in [2.24, 2.45) is 5.73 Å². The van der Waals surface area contributed by atoms with Gasteiger partial charge in [0.25, 0.3) is 0 Å². The fraction of sp³-hybridized carbons (Fsp3) is 0.538. The molecule has 2 N–H and O–H groups in total. The van der Waals surface area contributed by atoms with Gasteiger partial charge in [0.2, 0.25) is 0 Å². The highest BCUT2D eigenvalue weighted by molar-refractivity contribution is 5.59. The Morgan fingerprint density at radius 1 is 1.39 bits per heavy atom. The smallest absolute Gasteiger partial charge is 0.387 e. The summed E-state index contributed by atoms with van der Waals surface area (Å²) in [7, 11) is 0. The molecule has 1 aliphatic rings. The average Bonchev–Trinajstić information content (AvgIpc) is 2.30. The molecule has 0 aromatic heterocycles. The van der Waals surface area contributed by atoms with E-state index in [0.29, 0.717) is 0 Å². The summed E-state index contributed by atoms with van der Waals surface area (Å²) in [6.07, 6.45) is 1.73. The van der Waals surface area contributed by atoms with E-state index in [-0.39, 0.29) is 17.8 Å². The molecule has 0 saturated carbocycles. The predicted octanol–water partition coefficient (Wildman–Crippen LogP) is 2.60. The maximum atomic E-state index is 12.4. The van der Waals surface area contributed by atoms with Crippen LogP contribution in [-0.4, -0.2) is 25.2 Å². The molecule has 3 nitrogen and oxygen atoms in total. The highest BCUT2D eigenvalue weighted by Gasteiger charge is 2.25. The van der Waals surface area contributed by atoms with Gasteiger partial charge in [-0.2, -0.15) is 8.78 Å². The maximum absolute atomic E-state index is 12.4. The number of nitrogens with two attached hydrogens (primary N) is 1. The number of anilines is 1. The second-order valence-corrected chi connectivity index (χ2v) is 4.67. The third-order valence-corrected chi connectivity index (χ3v) is 3.31. The first-order valence-electron chi connectivity index (χ1n) is 6.14. The largest absolute Gasteiger partial charge is 0.433 e. The zero-order valence-electron chi connectivity index (χ0n) is 10.4. The number of hydrogen-bond donors (Lipinski definition) is 1. The lowest BCUT2D eigenvalue weighted by Crippen LogP contribution is -2.45. The maximum Gasteiger partial charge on any atom is 0.387 e. The van der Waals surface area contributed by atoms with Gasteiger partial charge in [-0.25, -0.2) is 0 Å².